The predicted octanol–water partition coefficient (Wildman–Crippen LogP) is 2.91. The maximum atomic E-state index is 9.18. The van der Waals surface area contributed by atoms with Crippen LogP contribution in [0.3, 0.4) is 0 Å². The number of aromatic nitrogens is 3. The molecular formula is C15H12N4. The van der Waals surface area contributed by atoms with Gasteiger partial charge in [-0.2, -0.15) is 5.26 Å². The zero-order valence-electron chi connectivity index (χ0n) is 10.8. The standard InChI is InChI=1S/C15H12N4/c1-10-5-13-14(6-11(10)2)19(9-18-13)15-8-17-4-3-12(15)7-16/h3-6,8-9H,1-2H3. The van der Waals surface area contributed by atoms with E-state index >= 15 is 0 Å². The first kappa shape index (κ1) is 11.4. The number of nitrogens with zero attached hydrogens (tertiary/aromatic N) is 4. The van der Waals surface area contributed by atoms with Gasteiger partial charge in [-0.05, 0) is 43.2 Å². The Bertz CT molecular complexity index is 809. The van der Waals surface area contributed by atoms with Gasteiger partial charge < -0.3 is 0 Å². The Kier molecular flexibility index (Phi) is 2.53. The van der Waals surface area contributed by atoms with Crippen LogP contribution in [0.4, 0.5) is 0 Å². The van der Waals surface area contributed by atoms with Gasteiger partial charge in [-0.1, -0.05) is 0 Å². The fourth-order valence-electron chi connectivity index (χ4n) is 2.13. The Morgan fingerprint density at radius 1 is 1.21 bits per heavy atom. The van der Waals surface area contributed by atoms with E-state index in [4.69, 9.17) is 0 Å². The number of benzene rings is 1. The van der Waals surface area contributed by atoms with Gasteiger partial charge >= 0.3 is 0 Å². The fraction of sp³-hybridized carbons (Fsp3) is 0.133. The molecule has 19 heavy (non-hydrogen) atoms. The molecule has 2 aromatic heterocycles. The zero-order chi connectivity index (χ0) is 13.4. The third-order valence-electron chi connectivity index (χ3n) is 3.34. The van der Waals surface area contributed by atoms with E-state index < -0.39 is 0 Å². The van der Waals surface area contributed by atoms with Gasteiger partial charge in [0.2, 0.25) is 0 Å². The molecule has 0 atom stereocenters. The summed E-state index contributed by atoms with van der Waals surface area (Å²) in [5.41, 5.74) is 5.69. The lowest BCUT2D eigenvalue weighted by Gasteiger charge is -2.07. The van der Waals surface area contributed by atoms with Crippen molar-refractivity contribution < 1.29 is 0 Å². The molecule has 3 aromatic rings. The normalized spacial score (nSPS) is 10.6. The molecule has 0 fully saturated rings. The van der Waals surface area contributed by atoms with Crippen molar-refractivity contribution in [2.24, 2.45) is 0 Å². The predicted molar refractivity (Wildman–Crippen MR) is 73.1 cm³/mol. The van der Waals surface area contributed by atoms with E-state index in [1.54, 1.807) is 24.8 Å². The maximum Gasteiger partial charge on any atom is 0.101 e. The molecule has 1 aromatic carbocycles. The summed E-state index contributed by atoms with van der Waals surface area (Å²) in [4.78, 5) is 8.49. The van der Waals surface area contributed by atoms with Gasteiger partial charge in [0.25, 0.3) is 0 Å². The molecule has 4 heteroatoms. The van der Waals surface area contributed by atoms with Crippen molar-refractivity contribution in [2.45, 2.75) is 13.8 Å². The van der Waals surface area contributed by atoms with Gasteiger partial charge in [0.05, 0.1) is 28.5 Å². The van der Waals surface area contributed by atoms with Crippen molar-refractivity contribution in [1.82, 2.24) is 14.5 Å². The Morgan fingerprint density at radius 2 is 2.00 bits per heavy atom. The molecule has 0 aliphatic carbocycles. The van der Waals surface area contributed by atoms with Gasteiger partial charge in [-0.25, -0.2) is 4.98 Å². The van der Waals surface area contributed by atoms with Crippen molar-refractivity contribution in [3.8, 4) is 11.8 Å². The molecule has 2 heterocycles. The first-order valence-corrected chi connectivity index (χ1v) is 5.99. The number of fused-ring (bicyclic) bond motifs is 1. The molecule has 3 rings (SSSR count). The Hall–Kier alpha value is -2.67. The molecule has 0 bridgehead atoms. The quantitative estimate of drug-likeness (QED) is 0.665. The van der Waals surface area contributed by atoms with Gasteiger partial charge in [0.1, 0.15) is 12.4 Å². The summed E-state index contributed by atoms with van der Waals surface area (Å²) in [7, 11) is 0. The highest BCUT2D eigenvalue weighted by Gasteiger charge is 2.09. The van der Waals surface area contributed by atoms with Gasteiger partial charge in [0, 0.05) is 6.20 Å². The summed E-state index contributed by atoms with van der Waals surface area (Å²) in [6, 6.07) is 8.04. The zero-order valence-corrected chi connectivity index (χ0v) is 10.8. The van der Waals surface area contributed by atoms with E-state index in [9.17, 15) is 5.26 Å². The average Bonchev–Trinajstić information content (AvgIpc) is 2.82. The number of imidazole rings is 1. The van der Waals surface area contributed by atoms with Crippen LogP contribution in [0.1, 0.15) is 16.7 Å². The molecule has 0 aliphatic rings. The highest BCUT2D eigenvalue weighted by Crippen LogP contribution is 2.22. The third kappa shape index (κ3) is 1.76. The van der Waals surface area contributed by atoms with Crippen molar-refractivity contribution in [3.05, 3.63) is 53.6 Å². The lowest BCUT2D eigenvalue weighted by Crippen LogP contribution is -1.97. The van der Waals surface area contributed by atoms with E-state index in [0.717, 1.165) is 16.7 Å². The van der Waals surface area contributed by atoms with Crippen LogP contribution in [-0.2, 0) is 0 Å². The number of rotatable bonds is 1. The second-order valence-corrected chi connectivity index (χ2v) is 4.54. The van der Waals surface area contributed by atoms with Crippen molar-refractivity contribution in [3.63, 3.8) is 0 Å². The summed E-state index contributed by atoms with van der Waals surface area (Å²) in [5.74, 6) is 0. The summed E-state index contributed by atoms with van der Waals surface area (Å²) in [5, 5.41) is 9.18. The average molecular weight is 248 g/mol. The van der Waals surface area contributed by atoms with Crippen LogP contribution < -0.4 is 0 Å². The SMILES string of the molecule is Cc1cc2ncn(-c3cnccc3C#N)c2cc1C. The Balaban J connectivity index is 2.32. The van der Waals surface area contributed by atoms with E-state index in [-0.39, 0.29) is 0 Å². The van der Waals surface area contributed by atoms with Crippen LogP contribution in [0, 0.1) is 25.2 Å². The smallest absolute Gasteiger partial charge is 0.101 e. The molecule has 0 unspecified atom stereocenters. The molecule has 0 radical (unpaired) electrons. The summed E-state index contributed by atoms with van der Waals surface area (Å²) in [6.07, 6.45) is 5.05. The number of aryl methyl sites for hydroxylation is 2. The van der Waals surface area contributed by atoms with E-state index in [1.807, 2.05) is 4.57 Å². The van der Waals surface area contributed by atoms with Gasteiger partial charge in [0.15, 0.2) is 0 Å². The Labute approximate surface area is 111 Å². The summed E-state index contributed by atoms with van der Waals surface area (Å²) >= 11 is 0. The monoisotopic (exact) mass is 248 g/mol. The largest absolute Gasteiger partial charge is 0.296 e. The molecule has 4 nitrogen and oxygen atoms in total. The molecule has 0 saturated carbocycles. The molecule has 0 saturated heterocycles. The number of hydrogen-bond donors (Lipinski definition) is 0. The lowest BCUT2D eigenvalue weighted by atomic mass is 10.1. The molecular weight excluding hydrogens is 236 g/mol. The van der Waals surface area contributed by atoms with Crippen molar-refractivity contribution >= 4 is 11.0 Å². The van der Waals surface area contributed by atoms with Crippen LogP contribution in [0.5, 0.6) is 0 Å². The van der Waals surface area contributed by atoms with Crippen LogP contribution in [0.2, 0.25) is 0 Å². The third-order valence-corrected chi connectivity index (χ3v) is 3.34. The second kappa shape index (κ2) is 4.21. The topological polar surface area (TPSA) is 54.5 Å². The van der Waals surface area contributed by atoms with Crippen molar-refractivity contribution in [1.29, 1.82) is 5.26 Å². The van der Waals surface area contributed by atoms with Crippen LogP contribution in [0.15, 0.2) is 36.9 Å². The fourth-order valence-corrected chi connectivity index (χ4v) is 2.13. The Morgan fingerprint density at radius 3 is 2.79 bits per heavy atom. The van der Waals surface area contributed by atoms with Crippen LogP contribution in [-0.4, -0.2) is 14.5 Å². The van der Waals surface area contributed by atoms with E-state index in [1.165, 1.54) is 11.1 Å². The highest BCUT2D eigenvalue weighted by molar-refractivity contribution is 5.79. The van der Waals surface area contributed by atoms with E-state index in [0.29, 0.717) is 5.56 Å². The minimum atomic E-state index is 0.590. The summed E-state index contributed by atoms with van der Waals surface area (Å²) < 4.78 is 1.91. The minimum Gasteiger partial charge on any atom is -0.296 e. The highest BCUT2D eigenvalue weighted by atomic mass is 15.1. The van der Waals surface area contributed by atoms with Gasteiger partial charge in [-0.3, -0.25) is 9.55 Å². The number of nitriles is 1. The molecule has 0 N–H and O–H groups in total. The molecule has 0 aliphatic heterocycles. The molecule has 92 valence electrons. The number of pyridine rings is 1. The van der Waals surface area contributed by atoms with Crippen LogP contribution >= 0.6 is 0 Å². The minimum absolute atomic E-state index is 0.590. The van der Waals surface area contributed by atoms with Crippen LogP contribution in [0.25, 0.3) is 16.7 Å². The number of hydrogen-bond acceptors (Lipinski definition) is 3. The lowest BCUT2D eigenvalue weighted by molar-refractivity contribution is 1.06. The second-order valence-electron chi connectivity index (χ2n) is 4.54. The van der Waals surface area contributed by atoms with Crippen molar-refractivity contribution in [2.75, 3.05) is 0 Å². The maximum absolute atomic E-state index is 9.18. The first-order valence-electron chi connectivity index (χ1n) is 5.99. The molecule has 0 amide bonds. The molecule has 0 spiro atoms. The van der Waals surface area contributed by atoms with Gasteiger partial charge in [-0.15, -0.1) is 0 Å². The first-order chi connectivity index (χ1) is 9.20. The van der Waals surface area contributed by atoms with E-state index in [2.05, 4.69) is 42.0 Å². The summed E-state index contributed by atoms with van der Waals surface area (Å²) in [6.45, 7) is 4.14.